The maximum absolute atomic E-state index is 13.5. The summed E-state index contributed by atoms with van der Waals surface area (Å²) in [6, 6.07) is 22.3. The van der Waals surface area contributed by atoms with Gasteiger partial charge < -0.3 is 34.6 Å². The molecule has 5 fully saturated rings. The average Bonchev–Trinajstić information content (AvgIpc) is 4.01. The van der Waals surface area contributed by atoms with E-state index in [1.807, 2.05) is 12.1 Å². The number of benzene rings is 3. The molecule has 1 spiro atoms. The predicted octanol–water partition coefficient (Wildman–Crippen LogP) is 5.68. The van der Waals surface area contributed by atoms with E-state index < -0.39 is 12.0 Å². The lowest BCUT2D eigenvalue weighted by molar-refractivity contribution is -0.160. The lowest BCUT2D eigenvalue weighted by atomic mass is 9.89. The second-order valence-corrected chi connectivity index (χ2v) is 18.9. The fraction of sp³-hybridized carbons (Fsp3) is 0.580. The van der Waals surface area contributed by atoms with Gasteiger partial charge in [0.15, 0.2) is 12.4 Å². The maximum Gasteiger partial charge on any atom is 0.323 e. The molecule has 0 bridgehead atoms. The number of carboxylic acids is 1. The highest BCUT2D eigenvalue weighted by Gasteiger charge is 2.49. The van der Waals surface area contributed by atoms with E-state index in [-0.39, 0.29) is 35.9 Å². The summed E-state index contributed by atoms with van der Waals surface area (Å²) in [5.41, 5.74) is 4.74. The Morgan fingerprint density at radius 3 is 2.52 bits per heavy atom. The normalized spacial score (nSPS) is 25.2. The Balaban J connectivity index is 0.733. The second-order valence-electron chi connectivity index (χ2n) is 18.9. The van der Waals surface area contributed by atoms with Crippen molar-refractivity contribution in [3.05, 3.63) is 89.0 Å². The number of ether oxygens (including phenoxy) is 3. The third-order valence-corrected chi connectivity index (χ3v) is 14.7. The van der Waals surface area contributed by atoms with Crippen LogP contribution in [0, 0.1) is 5.92 Å². The second kappa shape index (κ2) is 19.7. The van der Waals surface area contributed by atoms with Crippen LogP contribution in [-0.2, 0) is 43.2 Å². The molecule has 4 atom stereocenters. The number of hydrogen-bond acceptors (Lipinski definition) is 10. The minimum atomic E-state index is -0.834. The molecule has 2 aliphatic carbocycles. The minimum Gasteiger partial charge on any atom is -0.506 e. The summed E-state index contributed by atoms with van der Waals surface area (Å²) in [7, 11) is 0. The van der Waals surface area contributed by atoms with Crippen LogP contribution in [-0.4, -0.2) is 144 Å². The Kier molecular flexibility index (Phi) is 13.7. The Morgan fingerprint density at radius 1 is 0.905 bits per heavy atom. The molecule has 13 nitrogen and oxygen atoms in total. The first kappa shape index (κ1) is 43.7. The van der Waals surface area contributed by atoms with Crippen LogP contribution in [0.1, 0.15) is 86.0 Å². The van der Waals surface area contributed by atoms with Gasteiger partial charge in [0.2, 0.25) is 5.91 Å². The molecule has 3 aromatic carbocycles. The average molecular weight is 864 g/mol. The van der Waals surface area contributed by atoms with Crippen molar-refractivity contribution in [3.63, 3.8) is 0 Å². The van der Waals surface area contributed by atoms with Crippen molar-refractivity contribution < 1.29 is 38.8 Å². The topological polar surface area (TPSA) is 144 Å². The van der Waals surface area contributed by atoms with Gasteiger partial charge in [0.05, 0.1) is 24.9 Å². The number of amides is 2. The van der Waals surface area contributed by atoms with Gasteiger partial charge in [0, 0.05) is 70.9 Å². The SMILES string of the molecule is O=C1COc2c(CCN(CCN3CCC(OCCc4cccc(CN5CCC6(CC5)CN(C(=O)[C@@H]5C[C@H]5c5ccccc5)CCO6)c4)[C@H]3C(=O)O)C3CCCCC3)ccc(O)c2N1. The number of aromatic hydroxyl groups is 1. The number of carbonyl (C=O) groups excluding carboxylic acids is 2. The highest BCUT2D eigenvalue weighted by atomic mass is 16.5. The summed E-state index contributed by atoms with van der Waals surface area (Å²) in [5.74, 6) is 0.166. The lowest BCUT2D eigenvalue weighted by Gasteiger charge is -2.47. The molecule has 3 saturated heterocycles. The molecule has 2 amide bonds. The molecule has 4 heterocycles. The molecule has 0 radical (unpaired) electrons. The zero-order valence-electron chi connectivity index (χ0n) is 36.6. The first-order valence-corrected chi connectivity index (χ1v) is 23.6. The number of phenols is 1. The number of aliphatic carboxylic acids is 1. The van der Waals surface area contributed by atoms with Crippen molar-refractivity contribution in [2.24, 2.45) is 5.92 Å². The smallest absolute Gasteiger partial charge is 0.323 e. The number of hydrogen-bond donors (Lipinski definition) is 3. The van der Waals surface area contributed by atoms with Crippen LogP contribution in [0.15, 0.2) is 66.7 Å². The van der Waals surface area contributed by atoms with Gasteiger partial charge in [-0.1, -0.05) is 79.9 Å². The van der Waals surface area contributed by atoms with Crippen LogP contribution in [0.4, 0.5) is 5.69 Å². The summed E-state index contributed by atoms with van der Waals surface area (Å²) in [4.78, 5) is 47.4. The number of anilines is 1. The number of phenolic OH excluding ortho intramolecular Hbond substituents is 1. The van der Waals surface area contributed by atoms with E-state index in [0.29, 0.717) is 88.0 Å². The molecule has 3 aromatic rings. The fourth-order valence-corrected chi connectivity index (χ4v) is 11.1. The maximum atomic E-state index is 13.5. The first-order chi connectivity index (χ1) is 30.7. The third kappa shape index (κ3) is 10.4. The van der Waals surface area contributed by atoms with E-state index in [4.69, 9.17) is 14.2 Å². The summed E-state index contributed by atoms with van der Waals surface area (Å²) < 4.78 is 18.6. The number of fused-ring (bicyclic) bond motifs is 1. The molecule has 0 aromatic heterocycles. The van der Waals surface area contributed by atoms with E-state index in [1.54, 1.807) is 6.07 Å². The van der Waals surface area contributed by atoms with Gasteiger partial charge in [-0.3, -0.25) is 29.1 Å². The Hall–Kier alpha value is -4.53. The zero-order chi connectivity index (χ0) is 43.3. The highest BCUT2D eigenvalue weighted by molar-refractivity contribution is 5.97. The monoisotopic (exact) mass is 863 g/mol. The molecule has 63 heavy (non-hydrogen) atoms. The number of carbonyl (C=O) groups is 3. The first-order valence-electron chi connectivity index (χ1n) is 23.6. The summed E-state index contributed by atoms with van der Waals surface area (Å²) in [6.45, 7) is 7.93. The van der Waals surface area contributed by atoms with Gasteiger partial charge in [-0.15, -0.1) is 0 Å². The molecule has 2 saturated carbocycles. The molecule has 6 aliphatic rings. The Morgan fingerprint density at radius 2 is 1.71 bits per heavy atom. The van der Waals surface area contributed by atoms with Gasteiger partial charge >= 0.3 is 5.97 Å². The van der Waals surface area contributed by atoms with E-state index >= 15 is 0 Å². The quantitative estimate of drug-likeness (QED) is 0.153. The van der Waals surface area contributed by atoms with Crippen molar-refractivity contribution in [1.29, 1.82) is 0 Å². The van der Waals surface area contributed by atoms with Gasteiger partial charge in [0.25, 0.3) is 5.91 Å². The van der Waals surface area contributed by atoms with Crippen molar-refractivity contribution in [3.8, 4) is 11.5 Å². The number of likely N-dealkylation sites (tertiary alicyclic amines) is 2. The Labute approximate surface area is 371 Å². The standard InChI is InChI=1S/C50H65N5O8/c56-42-15-14-38(47-45(42)51-44(57)33-62-47)16-21-53(39-12-5-2-6-13-39)25-26-54-22-17-43(46(54)49(59)60)61-28-18-35-8-7-9-36(30-35)32-52-23-19-50(20-24-52)34-55(27-29-63-50)48(58)41-31-40(41)37-10-3-1-4-11-37/h1,3-4,7-11,14-15,30,39-41,43,46,56H,2,5-6,12-13,16-29,31-34H2,(H,51,57)(H,59,60)/t40-,41+,43?,46-/m0/s1. The fourth-order valence-electron chi connectivity index (χ4n) is 11.1. The molecule has 9 rings (SSSR count). The van der Waals surface area contributed by atoms with Crippen molar-refractivity contribution in [1.82, 2.24) is 19.6 Å². The minimum absolute atomic E-state index is 0.00317. The van der Waals surface area contributed by atoms with Gasteiger partial charge in [-0.05, 0) is 85.6 Å². The van der Waals surface area contributed by atoms with Crippen LogP contribution in [0.3, 0.4) is 0 Å². The Bertz CT molecular complexity index is 2070. The van der Waals surface area contributed by atoms with Gasteiger partial charge in [-0.25, -0.2) is 0 Å². The molecule has 1 unspecified atom stereocenters. The molecular weight excluding hydrogens is 799 g/mol. The van der Waals surface area contributed by atoms with E-state index in [9.17, 15) is 24.6 Å². The molecule has 338 valence electrons. The number of nitrogens with one attached hydrogen (secondary N) is 1. The number of rotatable bonds is 16. The predicted molar refractivity (Wildman–Crippen MR) is 239 cm³/mol. The van der Waals surface area contributed by atoms with Crippen LogP contribution in [0.25, 0.3) is 0 Å². The van der Waals surface area contributed by atoms with E-state index in [0.717, 1.165) is 70.4 Å². The number of piperidine rings is 1. The summed E-state index contributed by atoms with van der Waals surface area (Å²) in [6.07, 6.45) is 10.4. The van der Waals surface area contributed by atoms with Crippen molar-refractivity contribution in [2.45, 2.75) is 107 Å². The van der Waals surface area contributed by atoms with E-state index in [2.05, 4.69) is 73.4 Å². The highest BCUT2D eigenvalue weighted by Crippen LogP contribution is 2.49. The molecule has 3 N–H and O–H groups in total. The van der Waals surface area contributed by atoms with E-state index in [1.165, 1.54) is 36.0 Å². The van der Waals surface area contributed by atoms with Gasteiger partial charge in [0.1, 0.15) is 17.5 Å². The molecule has 4 aliphatic heterocycles. The van der Waals surface area contributed by atoms with Crippen LogP contribution < -0.4 is 10.1 Å². The van der Waals surface area contributed by atoms with Crippen LogP contribution >= 0.6 is 0 Å². The molecular formula is C50H65N5O8. The summed E-state index contributed by atoms with van der Waals surface area (Å²) >= 11 is 0. The number of morpholine rings is 1. The number of nitrogens with zero attached hydrogens (tertiary/aromatic N) is 4. The third-order valence-electron chi connectivity index (χ3n) is 14.7. The van der Waals surface area contributed by atoms with Crippen molar-refractivity contribution >= 4 is 23.5 Å². The van der Waals surface area contributed by atoms with Crippen LogP contribution in [0.2, 0.25) is 0 Å². The van der Waals surface area contributed by atoms with Crippen molar-refractivity contribution in [2.75, 3.05) is 77.5 Å². The van der Waals surface area contributed by atoms with Crippen LogP contribution in [0.5, 0.6) is 11.5 Å². The van der Waals surface area contributed by atoms with Gasteiger partial charge in [-0.2, -0.15) is 0 Å². The summed E-state index contributed by atoms with van der Waals surface area (Å²) in [5, 5.41) is 23.6. The largest absolute Gasteiger partial charge is 0.506 e. The zero-order valence-corrected chi connectivity index (χ0v) is 36.6. The molecule has 13 heteroatoms. The number of carboxylic acid groups (broad SMARTS) is 1. The lowest BCUT2D eigenvalue weighted by Crippen LogP contribution is -2.58.